The van der Waals surface area contributed by atoms with Gasteiger partial charge in [-0.25, -0.2) is 9.97 Å². The van der Waals surface area contributed by atoms with E-state index in [0.29, 0.717) is 6.61 Å². The van der Waals surface area contributed by atoms with Gasteiger partial charge in [0, 0.05) is 35.5 Å². The largest absolute Gasteiger partial charge is 0.477 e. The minimum absolute atomic E-state index is 0.673. The minimum Gasteiger partial charge on any atom is -0.477 e. The Morgan fingerprint density at radius 2 is 1.93 bits per heavy atom. The molecule has 0 radical (unpaired) electrons. The summed E-state index contributed by atoms with van der Waals surface area (Å²) in [6, 6.07) is 16.8. The van der Waals surface area contributed by atoms with Crippen molar-refractivity contribution in [3.63, 3.8) is 0 Å². The molecule has 0 N–H and O–H groups in total. The van der Waals surface area contributed by atoms with E-state index >= 15 is 0 Å². The summed E-state index contributed by atoms with van der Waals surface area (Å²) >= 11 is 0. The van der Waals surface area contributed by atoms with E-state index in [-0.39, 0.29) is 0 Å². The van der Waals surface area contributed by atoms with Gasteiger partial charge in [0.05, 0.1) is 18.5 Å². The third kappa shape index (κ3) is 3.56. The third-order valence-electron chi connectivity index (χ3n) is 4.79. The molecule has 0 saturated heterocycles. The van der Waals surface area contributed by atoms with Gasteiger partial charge in [-0.2, -0.15) is 0 Å². The highest BCUT2D eigenvalue weighted by atomic mass is 16.5. The molecule has 0 aliphatic heterocycles. The Hall–Kier alpha value is -3.14. The van der Waals surface area contributed by atoms with Crippen molar-refractivity contribution in [2.45, 2.75) is 26.7 Å². The van der Waals surface area contributed by atoms with Crippen LogP contribution in [-0.4, -0.2) is 21.1 Å². The molecule has 4 nitrogen and oxygen atoms in total. The molecule has 0 aliphatic rings. The molecule has 0 atom stereocenters. The first kappa shape index (κ1) is 17.3. The zero-order chi connectivity index (χ0) is 18.6. The molecule has 4 aromatic rings. The summed E-state index contributed by atoms with van der Waals surface area (Å²) in [5.74, 6) is 0.751. The van der Waals surface area contributed by atoms with Gasteiger partial charge in [-0.1, -0.05) is 37.3 Å². The van der Waals surface area contributed by atoms with Crippen molar-refractivity contribution in [2.24, 2.45) is 0 Å². The van der Waals surface area contributed by atoms with Crippen LogP contribution in [0.5, 0.6) is 5.88 Å². The smallest absolute Gasteiger partial charge is 0.217 e. The molecule has 0 saturated carbocycles. The van der Waals surface area contributed by atoms with Crippen LogP contribution in [0.4, 0.5) is 0 Å². The number of ether oxygens (including phenoxy) is 1. The van der Waals surface area contributed by atoms with Gasteiger partial charge in [-0.3, -0.25) is 0 Å². The summed E-state index contributed by atoms with van der Waals surface area (Å²) in [4.78, 5) is 8.99. The summed E-state index contributed by atoms with van der Waals surface area (Å²) in [6.07, 6.45) is 7.33. The zero-order valence-corrected chi connectivity index (χ0v) is 15.7. The number of aryl methyl sites for hydroxylation is 1. The van der Waals surface area contributed by atoms with Crippen LogP contribution < -0.4 is 4.74 Å². The maximum Gasteiger partial charge on any atom is 0.217 e. The fraction of sp³-hybridized carbons (Fsp3) is 0.217. The van der Waals surface area contributed by atoms with Gasteiger partial charge in [0.1, 0.15) is 0 Å². The van der Waals surface area contributed by atoms with E-state index in [1.54, 1.807) is 6.20 Å². The second-order valence-electron chi connectivity index (χ2n) is 6.70. The molecule has 0 bridgehead atoms. The Labute approximate surface area is 159 Å². The van der Waals surface area contributed by atoms with Gasteiger partial charge in [-0.15, -0.1) is 0 Å². The zero-order valence-electron chi connectivity index (χ0n) is 15.7. The molecule has 2 heterocycles. The molecule has 4 rings (SSSR count). The van der Waals surface area contributed by atoms with Crippen LogP contribution in [0, 0.1) is 6.92 Å². The molecule has 0 aliphatic carbocycles. The quantitative estimate of drug-likeness (QED) is 0.481. The number of imidazole rings is 1. The molecule has 4 heteroatoms. The number of rotatable bonds is 6. The highest BCUT2D eigenvalue weighted by molar-refractivity contribution is 5.86. The van der Waals surface area contributed by atoms with Crippen LogP contribution in [0.25, 0.3) is 16.6 Å². The molecule has 0 spiro atoms. The lowest BCUT2D eigenvalue weighted by Gasteiger charge is -2.16. The first-order chi connectivity index (χ1) is 13.3. The minimum atomic E-state index is 0.673. The Morgan fingerprint density at radius 3 is 2.67 bits per heavy atom. The lowest BCUT2D eigenvalue weighted by molar-refractivity contribution is 0.303. The second kappa shape index (κ2) is 7.62. The maximum atomic E-state index is 6.02. The van der Waals surface area contributed by atoms with E-state index < -0.39 is 0 Å². The van der Waals surface area contributed by atoms with E-state index in [0.717, 1.165) is 40.9 Å². The Morgan fingerprint density at radius 1 is 1.07 bits per heavy atom. The third-order valence-corrected chi connectivity index (χ3v) is 4.79. The number of benzene rings is 2. The van der Waals surface area contributed by atoms with E-state index in [4.69, 9.17) is 9.72 Å². The number of aromatic nitrogens is 3. The van der Waals surface area contributed by atoms with Crippen molar-refractivity contribution in [1.82, 2.24) is 14.5 Å². The first-order valence-corrected chi connectivity index (χ1v) is 9.34. The van der Waals surface area contributed by atoms with Gasteiger partial charge < -0.3 is 9.30 Å². The fourth-order valence-corrected chi connectivity index (χ4v) is 3.32. The molecule has 2 aromatic heterocycles. The van der Waals surface area contributed by atoms with Crippen LogP contribution in [0.1, 0.15) is 30.0 Å². The van der Waals surface area contributed by atoms with E-state index in [2.05, 4.69) is 61.3 Å². The van der Waals surface area contributed by atoms with E-state index in [1.165, 1.54) is 11.1 Å². The van der Waals surface area contributed by atoms with Gasteiger partial charge in [0.25, 0.3) is 0 Å². The van der Waals surface area contributed by atoms with E-state index in [9.17, 15) is 0 Å². The Bertz CT molecular complexity index is 1040. The number of hydrogen-bond donors (Lipinski definition) is 0. The van der Waals surface area contributed by atoms with Gasteiger partial charge in [0.15, 0.2) is 0 Å². The van der Waals surface area contributed by atoms with Crippen molar-refractivity contribution in [1.29, 1.82) is 0 Å². The van der Waals surface area contributed by atoms with Gasteiger partial charge in [0.2, 0.25) is 5.88 Å². The summed E-state index contributed by atoms with van der Waals surface area (Å²) in [5, 5.41) is 1.15. The summed E-state index contributed by atoms with van der Waals surface area (Å²) in [6.45, 7) is 4.95. The Kier molecular flexibility index (Phi) is 4.88. The monoisotopic (exact) mass is 357 g/mol. The van der Waals surface area contributed by atoms with Crippen LogP contribution >= 0.6 is 0 Å². The molecule has 0 unspecified atom stereocenters. The number of pyridine rings is 1. The maximum absolute atomic E-state index is 6.02. The predicted octanol–water partition coefficient (Wildman–Crippen LogP) is 5.11. The van der Waals surface area contributed by atoms with Crippen LogP contribution in [-0.2, 0) is 6.42 Å². The summed E-state index contributed by atoms with van der Waals surface area (Å²) < 4.78 is 8.03. The molecular formula is C23H23N3O. The first-order valence-electron chi connectivity index (χ1n) is 9.34. The fourth-order valence-electron chi connectivity index (χ4n) is 3.32. The molecule has 27 heavy (non-hydrogen) atoms. The van der Waals surface area contributed by atoms with Gasteiger partial charge >= 0.3 is 0 Å². The number of fused-ring (bicyclic) bond motifs is 1. The highest BCUT2D eigenvalue weighted by Crippen LogP contribution is 2.31. The average molecular weight is 357 g/mol. The van der Waals surface area contributed by atoms with Crippen molar-refractivity contribution >= 4 is 10.9 Å². The van der Waals surface area contributed by atoms with E-state index in [1.807, 2.05) is 23.2 Å². The van der Waals surface area contributed by atoms with Gasteiger partial charge in [-0.05, 0) is 42.7 Å². The summed E-state index contributed by atoms with van der Waals surface area (Å²) in [7, 11) is 0. The van der Waals surface area contributed by atoms with Crippen molar-refractivity contribution in [3.8, 4) is 11.6 Å². The SMILES string of the molecule is CCCOc1nc2ccc(-n3ccnc3)cc2c(C)c1Cc1ccccc1. The topological polar surface area (TPSA) is 39.9 Å². The van der Waals surface area contributed by atoms with Crippen LogP contribution in [0.15, 0.2) is 67.3 Å². The molecule has 2 aromatic carbocycles. The van der Waals surface area contributed by atoms with Crippen molar-refractivity contribution < 1.29 is 4.74 Å². The standard InChI is InChI=1S/C23H23N3O/c1-3-13-27-23-21(14-18-7-5-4-6-8-18)17(2)20-15-19(9-10-22(20)25-23)26-12-11-24-16-26/h4-12,15-16H,3,13-14H2,1-2H3. The van der Waals surface area contributed by atoms with Crippen LogP contribution in [0.2, 0.25) is 0 Å². The number of nitrogens with zero attached hydrogens (tertiary/aromatic N) is 3. The summed E-state index contributed by atoms with van der Waals surface area (Å²) in [5.41, 5.74) is 5.67. The van der Waals surface area contributed by atoms with Crippen LogP contribution in [0.3, 0.4) is 0 Å². The highest BCUT2D eigenvalue weighted by Gasteiger charge is 2.15. The van der Waals surface area contributed by atoms with Crippen molar-refractivity contribution in [2.75, 3.05) is 6.61 Å². The lowest BCUT2D eigenvalue weighted by Crippen LogP contribution is -2.05. The second-order valence-corrected chi connectivity index (χ2v) is 6.70. The predicted molar refractivity (Wildman–Crippen MR) is 109 cm³/mol. The lowest BCUT2D eigenvalue weighted by atomic mass is 9.98. The number of hydrogen-bond acceptors (Lipinski definition) is 3. The normalized spacial score (nSPS) is 11.0. The molecule has 0 fully saturated rings. The average Bonchev–Trinajstić information content (AvgIpc) is 3.24. The Balaban J connectivity index is 1.84. The molecule has 136 valence electrons. The van der Waals surface area contributed by atoms with Crippen molar-refractivity contribution in [3.05, 3.63) is 83.9 Å². The molecule has 0 amide bonds. The molecular weight excluding hydrogens is 334 g/mol.